The van der Waals surface area contributed by atoms with Crippen LogP contribution in [0, 0.1) is 0 Å². The van der Waals surface area contributed by atoms with Crippen molar-refractivity contribution in [3.63, 3.8) is 0 Å². The normalized spacial score (nSPS) is 9.74. The van der Waals surface area contributed by atoms with E-state index in [1.165, 1.54) is 0 Å². The zero-order chi connectivity index (χ0) is 22.3. The highest BCUT2D eigenvalue weighted by molar-refractivity contribution is 5.81. The van der Waals surface area contributed by atoms with Gasteiger partial charge in [-0.15, -0.1) is 0 Å². The molecule has 1 unspecified atom stereocenters. The van der Waals surface area contributed by atoms with Crippen molar-refractivity contribution in [3.05, 3.63) is 42.5 Å². The first-order valence-corrected chi connectivity index (χ1v) is 9.96. The second-order valence-electron chi connectivity index (χ2n) is 4.53. The summed E-state index contributed by atoms with van der Waals surface area (Å²) in [6.45, 7) is 21.2. The Kier molecular flexibility index (Phi) is 31.9. The maximum absolute atomic E-state index is 11.3. The lowest BCUT2D eigenvalue weighted by atomic mass is 10.1. The zero-order valence-electron chi connectivity index (χ0n) is 19.2. The van der Waals surface area contributed by atoms with E-state index >= 15 is 0 Å². The van der Waals surface area contributed by atoms with Gasteiger partial charge in [0.2, 0.25) is 5.91 Å². The second-order valence-corrected chi connectivity index (χ2v) is 4.53. The largest absolute Gasteiger partial charge is 0.358 e. The molecule has 1 heterocycles. The number of amides is 1. The SMILES string of the molecule is C=C(/C=C\C)Cn1cnc(CC(N)C(=O)NC)c1.CC.CC.CC.CCN. The van der Waals surface area contributed by atoms with E-state index < -0.39 is 6.04 Å². The molecule has 0 aliphatic rings. The van der Waals surface area contributed by atoms with Crippen LogP contribution in [0.5, 0.6) is 0 Å². The summed E-state index contributed by atoms with van der Waals surface area (Å²) in [5.41, 5.74) is 12.4. The first-order chi connectivity index (χ1) is 13.0. The molecule has 0 saturated carbocycles. The third kappa shape index (κ3) is 20.2. The third-order valence-electron chi connectivity index (χ3n) is 2.49. The standard InChI is InChI=1S/C13H20N4O.C2H7N.3C2H6/c1-4-5-10(2)7-17-8-11(16-9-17)6-12(14)13(18)15-3;1-2-3;3*1-2/h4-5,8-9,12H,2,6-7,14H2,1,3H3,(H,15,18);2-3H2,1H3;3*1-2H3/b5-4-;;;;. The number of nitrogens with one attached hydrogen (secondary N) is 1. The number of allylic oxidation sites excluding steroid dienone is 3. The fraction of sp³-hybridized carbons (Fsp3) is 0.619. The van der Waals surface area contributed by atoms with Gasteiger partial charge < -0.3 is 21.4 Å². The molecule has 160 valence electrons. The molecule has 0 spiro atoms. The van der Waals surface area contributed by atoms with Gasteiger partial charge in [-0.1, -0.05) is 67.2 Å². The third-order valence-corrected chi connectivity index (χ3v) is 2.49. The maximum Gasteiger partial charge on any atom is 0.237 e. The van der Waals surface area contributed by atoms with E-state index in [0.29, 0.717) is 13.0 Å². The number of aromatic nitrogens is 2. The number of rotatable bonds is 6. The van der Waals surface area contributed by atoms with Crippen LogP contribution < -0.4 is 16.8 Å². The maximum atomic E-state index is 11.3. The van der Waals surface area contributed by atoms with E-state index in [2.05, 4.69) is 16.9 Å². The molecule has 0 saturated heterocycles. The Bertz CT molecular complexity index is 467. The summed E-state index contributed by atoms with van der Waals surface area (Å²) in [4.78, 5) is 15.5. The molecule has 1 rings (SSSR count). The highest BCUT2D eigenvalue weighted by Gasteiger charge is 2.13. The van der Waals surface area contributed by atoms with Crippen molar-refractivity contribution >= 4 is 5.91 Å². The molecule has 1 aromatic rings. The Morgan fingerprint density at radius 1 is 1.30 bits per heavy atom. The lowest BCUT2D eigenvalue weighted by Gasteiger charge is -2.07. The highest BCUT2D eigenvalue weighted by atomic mass is 16.2. The molecule has 5 N–H and O–H groups in total. The van der Waals surface area contributed by atoms with Gasteiger partial charge >= 0.3 is 0 Å². The number of nitrogens with zero attached hydrogens (tertiary/aromatic N) is 2. The van der Waals surface area contributed by atoms with Crippen molar-refractivity contribution in [3.8, 4) is 0 Å². The number of hydrogen-bond donors (Lipinski definition) is 3. The molecule has 27 heavy (non-hydrogen) atoms. The second kappa shape index (κ2) is 26.3. The summed E-state index contributed by atoms with van der Waals surface area (Å²) in [6, 6.07) is -0.558. The summed E-state index contributed by atoms with van der Waals surface area (Å²) in [5.74, 6) is -0.178. The molecule has 0 aromatic carbocycles. The van der Waals surface area contributed by atoms with Crippen LogP contribution in [0.1, 0.15) is 61.1 Å². The van der Waals surface area contributed by atoms with Crippen LogP contribution in [0.25, 0.3) is 0 Å². The van der Waals surface area contributed by atoms with Gasteiger partial charge in [0.1, 0.15) is 0 Å². The number of carbonyl (C=O) groups excluding carboxylic acids is 1. The summed E-state index contributed by atoms with van der Waals surface area (Å²) in [6.07, 6.45) is 7.94. The van der Waals surface area contributed by atoms with Crippen LogP contribution in [-0.4, -0.2) is 35.1 Å². The van der Waals surface area contributed by atoms with Gasteiger partial charge in [-0.2, -0.15) is 0 Å². The number of nitrogens with two attached hydrogens (primary N) is 2. The van der Waals surface area contributed by atoms with Gasteiger partial charge in [0, 0.05) is 26.2 Å². The first-order valence-electron chi connectivity index (χ1n) is 9.96. The average Bonchev–Trinajstić information content (AvgIpc) is 3.13. The van der Waals surface area contributed by atoms with Crippen molar-refractivity contribution < 1.29 is 4.79 Å². The summed E-state index contributed by atoms with van der Waals surface area (Å²) >= 11 is 0. The first kappa shape index (κ1) is 32.7. The molecule has 0 radical (unpaired) electrons. The van der Waals surface area contributed by atoms with Gasteiger partial charge in [0.15, 0.2) is 0 Å². The molecule has 6 nitrogen and oxygen atoms in total. The topological polar surface area (TPSA) is 99.0 Å². The predicted octanol–water partition coefficient (Wildman–Crippen LogP) is 3.67. The van der Waals surface area contributed by atoms with Gasteiger partial charge in [-0.25, -0.2) is 4.98 Å². The quantitative estimate of drug-likeness (QED) is 0.653. The molecule has 1 atom stereocenters. The van der Waals surface area contributed by atoms with Gasteiger partial charge in [-0.3, -0.25) is 4.79 Å². The Balaban J connectivity index is -0.000000253. The molecule has 0 fully saturated rings. The van der Waals surface area contributed by atoms with Crippen LogP contribution in [-0.2, 0) is 17.8 Å². The number of likely N-dealkylation sites (N-methyl/N-ethyl adjacent to an activating group) is 1. The van der Waals surface area contributed by atoms with E-state index in [1.807, 2.05) is 78.3 Å². The van der Waals surface area contributed by atoms with Gasteiger partial charge in [0.05, 0.1) is 18.1 Å². The average molecular weight is 384 g/mol. The van der Waals surface area contributed by atoms with Crippen LogP contribution in [0.4, 0.5) is 0 Å². The number of carbonyl (C=O) groups is 1. The van der Waals surface area contributed by atoms with E-state index in [1.54, 1.807) is 13.4 Å². The monoisotopic (exact) mass is 383 g/mol. The summed E-state index contributed by atoms with van der Waals surface area (Å²) < 4.78 is 1.92. The minimum absolute atomic E-state index is 0.178. The molecular weight excluding hydrogens is 338 g/mol. The Hall–Kier alpha value is -1.92. The molecule has 6 heteroatoms. The minimum Gasteiger partial charge on any atom is -0.358 e. The molecular formula is C21H45N5O. The van der Waals surface area contributed by atoms with E-state index in [9.17, 15) is 4.79 Å². The highest BCUT2D eigenvalue weighted by Crippen LogP contribution is 2.04. The molecule has 0 aliphatic heterocycles. The lowest BCUT2D eigenvalue weighted by Crippen LogP contribution is -2.40. The molecule has 0 aliphatic carbocycles. The lowest BCUT2D eigenvalue weighted by molar-refractivity contribution is -0.121. The molecule has 0 bridgehead atoms. The van der Waals surface area contributed by atoms with E-state index in [0.717, 1.165) is 17.8 Å². The predicted molar refractivity (Wildman–Crippen MR) is 121 cm³/mol. The molecule has 1 aromatic heterocycles. The van der Waals surface area contributed by atoms with Crippen molar-refractivity contribution in [2.75, 3.05) is 13.6 Å². The zero-order valence-corrected chi connectivity index (χ0v) is 19.2. The van der Waals surface area contributed by atoms with Crippen molar-refractivity contribution in [2.45, 2.75) is 74.4 Å². The van der Waals surface area contributed by atoms with Crippen LogP contribution in [0.15, 0.2) is 36.8 Å². The Labute approximate surface area is 168 Å². The fourth-order valence-corrected chi connectivity index (χ4v) is 1.62. The summed E-state index contributed by atoms with van der Waals surface area (Å²) in [5, 5.41) is 2.52. The van der Waals surface area contributed by atoms with Crippen molar-refractivity contribution in [2.24, 2.45) is 11.5 Å². The van der Waals surface area contributed by atoms with Crippen molar-refractivity contribution in [1.29, 1.82) is 0 Å². The fourth-order valence-electron chi connectivity index (χ4n) is 1.62. The number of hydrogen-bond acceptors (Lipinski definition) is 4. The van der Waals surface area contributed by atoms with Gasteiger partial charge in [-0.05, 0) is 19.0 Å². The van der Waals surface area contributed by atoms with Crippen LogP contribution in [0.3, 0.4) is 0 Å². The van der Waals surface area contributed by atoms with Crippen LogP contribution >= 0.6 is 0 Å². The number of imidazole rings is 1. The smallest absolute Gasteiger partial charge is 0.237 e. The van der Waals surface area contributed by atoms with E-state index in [-0.39, 0.29) is 5.91 Å². The van der Waals surface area contributed by atoms with E-state index in [4.69, 9.17) is 11.5 Å². The van der Waals surface area contributed by atoms with Crippen LogP contribution in [0.2, 0.25) is 0 Å². The summed E-state index contributed by atoms with van der Waals surface area (Å²) in [7, 11) is 1.57. The van der Waals surface area contributed by atoms with Gasteiger partial charge in [0.25, 0.3) is 0 Å². The Morgan fingerprint density at radius 2 is 1.78 bits per heavy atom. The van der Waals surface area contributed by atoms with Crippen molar-refractivity contribution in [1.82, 2.24) is 14.9 Å². The minimum atomic E-state index is -0.558. The Morgan fingerprint density at radius 3 is 2.19 bits per heavy atom. The molecule has 1 amide bonds.